The molecule has 0 aliphatic heterocycles. The van der Waals surface area contributed by atoms with E-state index in [-0.39, 0.29) is 24.3 Å². The maximum absolute atomic E-state index is 13.4. The van der Waals surface area contributed by atoms with Gasteiger partial charge in [-0.25, -0.2) is 9.97 Å². The number of rotatable bonds is 6. The van der Waals surface area contributed by atoms with Gasteiger partial charge in [0.05, 0.1) is 17.9 Å². The van der Waals surface area contributed by atoms with Crippen molar-refractivity contribution in [3.63, 3.8) is 0 Å². The van der Waals surface area contributed by atoms with Crippen LogP contribution in [0.15, 0.2) is 30.6 Å². The molecule has 0 saturated heterocycles. The molecule has 2 aromatic rings. The average molecular weight is 353 g/mol. The van der Waals surface area contributed by atoms with Crippen LogP contribution in [-0.2, 0) is 6.18 Å². The van der Waals surface area contributed by atoms with Gasteiger partial charge < -0.3 is 10.5 Å². The molecule has 0 spiro atoms. The lowest BCUT2D eigenvalue weighted by Crippen LogP contribution is -2.22. The van der Waals surface area contributed by atoms with Crippen molar-refractivity contribution >= 4 is 0 Å². The first-order valence-electron chi connectivity index (χ1n) is 8.05. The first-order chi connectivity index (χ1) is 11.7. The Kier molecular flexibility index (Phi) is 6.00. The minimum Gasteiger partial charge on any atom is -0.493 e. The molecule has 2 unspecified atom stereocenters. The molecule has 0 amide bonds. The predicted octanol–water partition coefficient (Wildman–Crippen LogP) is 4.22. The van der Waals surface area contributed by atoms with E-state index in [1.807, 2.05) is 13.8 Å². The van der Waals surface area contributed by atoms with Gasteiger partial charge in [0.25, 0.3) is 0 Å². The van der Waals surface area contributed by atoms with E-state index < -0.39 is 11.7 Å². The Balaban J connectivity index is 2.29. The number of ether oxygens (including phenoxy) is 1. The lowest BCUT2D eigenvalue weighted by Gasteiger charge is -2.18. The van der Waals surface area contributed by atoms with E-state index in [2.05, 4.69) is 9.97 Å². The Bertz CT molecular complexity index is 717. The van der Waals surface area contributed by atoms with Crippen molar-refractivity contribution in [3.05, 3.63) is 41.9 Å². The number of aryl methyl sites for hydroxylation is 1. The fourth-order valence-electron chi connectivity index (χ4n) is 2.58. The summed E-state index contributed by atoms with van der Waals surface area (Å²) in [4.78, 5) is 7.99. The molecule has 4 nitrogen and oxygen atoms in total. The molecule has 1 aromatic carbocycles. The van der Waals surface area contributed by atoms with Gasteiger partial charge in [-0.1, -0.05) is 6.92 Å². The van der Waals surface area contributed by atoms with E-state index >= 15 is 0 Å². The van der Waals surface area contributed by atoms with Gasteiger partial charge in [-0.2, -0.15) is 13.2 Å². The molecule has 0 saturated carbocycles. The summed E-state index contributed by atoms with van der Waals surface area (Å²) >= 11 is 0. The topological polar surface area (TPSA) is 61.0 Å². The maximum atomic E-state index is 13.4. The van der Waals surface area contributed by atoms with Crippen LogP contribution in [0.5, 0.6) is 5.75 Å². The van der Waals surface area contributed by atoms with Crippen molar-refractivity contribution in [2.24, 2.45) is 11.7 Å². The van der Waals surface area contributed by atoms with Crippen molar-refractivity contribution in [1.82, 2.24) is 9.97 Å². The third-order valence-corrected chi connectivity index (χ3v) is 3.68. The minimum absolute atomic E-state index is 0.0240. The van der Waals surface area contributed by atoms with Crippen LogP contribution in [0, 0.1) is 12.8 Å². The zero-order chi connectivity index (χ0) is 18.6. The molecule has 0 aliphatic carbocycles. The fourth-order valence-corrected chi connectivity index (χ4v) is 2.58. The lowest BCUT2D eigenvalue weighted by atomic mass is 10.0. The maximum Gasteiger partial charge on any atom is 0.419 e. The molecule has 0 bridgehead atoms. The Morgan fingerprint density at radius 1 is 1.16 bits per heavy atom. The second-order valence-corrected chi connectivity index (χ2v) is 6.38. The highest BCUT2D eigenvalue weighted by Gasteiger charge is 2.35. The molecule has 25 heavy (non-hydrogen) atoms. The molecule has 2 rings (SSSR count). The van der Waals surface area contributed by atoms with Crippen LogP contribution >= 0.6 is 0 Å². The highest BCUT2D eigenvalue weighted by molar-refractivity contribution is 5.62. The number of hydrogen-bond acceptors (Lipinski definition) is 4. The van der Waals surface area contributed by atoms with Crippen molar-refractivity contribution in [2.45, 2.75) is 39.4 Å². The molecule has 0 radical (unpaired) electrons. The van der Waals surface area contributed by atoms with E-state index in [9.17, 15) is 13.2 Å². The summed E-state index contributed by atoms with van der Waals surface area (Å²) in [5.41, 5.74) is 6.39. The second-order valence-electron chi connectivity index (χ2n) is 6.38. The van der Waals surface area contributed by atoms with Crippen LogP contribution in [0.3, 0.4) is 0 Å². The Morgan fingerprint density at radius 3 is 2.48 bits per heavy atom. The average Bonchev–Trinajstić information content (AvgIpc) is 2.51. The van der Waals surface area contributed by atoms with Gasteiger partial charge in [-0.3, -0.25) is 0 Å². The monoisotopic (exact) mass is 353 g/mol. The highest BCUT2D eigenvalue weighted by atomic mass is 19.4. The van der Waals surface area contributed by atoms with E-state index in [0.29, 0.717) is 23.4 Å². The first kappa shape index (κ1) is 19.2. The van der Waals surface area contributed by atoms with Crippen molar-refractivity contribution in [1.29, 1.82) is 0 Å². The summed E-state index contributed by atoms with van der Waals surface area (Å²) in [6.07, 6.45) is -2.50. The van der Waals surface area contributed by atoms with Gasteiger partial charge in [0.1, 0.15) is 12.1 Å². The van der Waals surface area contributed by atoms with Crippen molar-refractivity contribution in [3.8, 4) is 17.0 Å². The summed E-state index contributed by atoms with van der Waals surface area (Å²) in [7, 11) is 0. The van der Waals surface area contributed by atoms with Gasteiger partial charge >= 0.3 is 6.18 Å². The standard InChI is InChI=1S/C18H22F3N3O/c1-11(6-12(2)22)9-25-17-5-4-14(8-15(17)18(19,20)21)16-7-13(3)23-10-24-16/h4-5,7-8,10-12H,6,9,22H2,1-3H3. The number of hydrogen-bond donors (Lipinski definition) is 1. The second kappa shape index (κ2) is 7.82. The molecule has 136 valence electrons. The zero-order valence-electron chi connectivity index (χ0n) is 14.5. The molecular weight excluding hydrogens is 331 g/mol. The molecule has 2 N–H and O–H groups in total. The number of nitrogens with zero attached hydrogens (tertiary/aromatic N) is 2. The zero-order valence-corrected chi connectivity index (χ0v) is 14.5. The SMILES string of the molecule is Cc1cc(-c2ccc(OCC(C)CC(C)N)c(C(F)(F)F)c2)ncn1. The Hall–Kier alpha value is -2.15. The summed E-state index contributed by atoms with van der Waals surface area (Å²) < 4.78 is 45.7. The lowest BCUT2D eigenvalue weighted by molar-refractivity contribution is -0.139. The van der Waals surface area contributed by atoms with Gasteiger partial charge in [-0.15, -0.1) is 0 Å². The normalized spacial score (nSPS) is 14.2. The van der Waals surface area contributed by atoms with Gasteiger partial charge in [0, 0.05) is 17.3 Å². The summed E-state index contributed by atoms with van der Waals surface area (Å²) in [5, 5.41) is 0. The smallest absolute Gasteiger partial charge is 0.419 e. The van der Waals surface area contributed by atoms with Crippen LogP contribution in [0.1, 0.15) is 31.5 Å². The molecule has 1 heterocycles. The third kappa shape index (κ3) is 5.42. The third-order valence-electron chi connectivity index (χ3n) is 3.68. The van der Waals surface area contributed by atoms with Crippen LogP contribution in [0.4, 0.5) is 13.2 Å². The predicted molar refractivity (Wildman–Crippen MR) is 90.1 cm³/mol. The van der Waals surface area contributed by atoms with E-state index in [4.69, 9.17) is 10.5 Å². The number of benzene rings is 1. The summed E-state index contributed by atoms with van der Waals surface area (Å²) in [6, 6.07) is 5.59. The van der Waals surface area contributed by atoms with Crippen molar-refractivity contribution < 1.29 is 17.9 Å². The summed E-state index contributed by atoms with van der Waals surface area (Å²) in [6.45, 7) is 5.69. The largest absolute Gasteiger partial charge is 0.493 e. The Labute approximate surface area is 145 Å². The van der Waals surface area contributed by atoms with E-state index in [1.165, 1.54) is 12.4 Å². The molecule has 7 heteroatoms. The Morgan fingerprint density at radius 2 is 1.88 bits per heavy atom. The highest BCUT2D eigenvalue weighted by Crippen LogP contribution is 2.38. The van der Waals surface area contributed by atoms with Gasteiger partial charge in [0.2, 0.25) is 0 Å². The van der Waals surface area contributed by atoms with Gasteiger partial charge in [0.15, 0.2) is 0 Å². The minimum atomic E-state index is -4.52. The van der Waals surface area contributed by atoms with Crippen molar-refractivity contribution in [2.75, 3.05) is 6.61 Å². The number of halogens is 3. The van der Waals surface area contributed by atoms with E-state index in [1.54, 1.807) is 19.1 Å². The number of nitrogens with two attached hydrogens (primary N) is 1. The molecule has 1 aromatic heterocycles. The molecule has 0 fully saturated rings. The summed E-state index contributed by atoms with van der Waals surface area (Å²) in [5.74, 6) is -0.121. The first-order valence-corrected chi connectivity index (χ1v) is 8.05. The van der Waals surface area contributed by atoms with Crippen LogP contribution in [-0.4, -0.2) is 22.6 Å². The molecule has 0 aliphatic rings. The van der Waals surface area contributed by atoms with Crippen LogP contribution in [0.2, 0.25) is 0 Å². The van der Waals surface area contributed by atoms with Gasteiger partial charge in [-0.05, 0) is 50.5 Å². The fraction of sp³-hybridized carbons (Fsp3) is 0.444. The molecule has 2 atom stereocenters. The number of alkyl halides is 3. The van der Waals surface area contributed by atoms with E-state index in [0.717, 1.165) is 6.07 Å². The van der Waals surface area contributed by atoms with Crippen LogP contribution in [0.25, 0.3) is 11.3 Å². The molecular formula is C18H22F3N3O. The van der Waals surface area contributed by atoms with Crippen LogP contribution < -0.4 is 10.5 Å². The quantitative estimate of drug-likeness (QED) is 0.844. The number of aromatic nitrogens is 2.